The van der Waals surface area contributed by atoms with Gasteiger partial charge in [-0.25, -0.2) is 0 Å². The predicted molar refractivity (Wildman–Crippen MR) is 101 cm³/mol. The van der Waals surface area contributed by atoms with Crippen LogP contribution in [0.2, 0.25) is 5.02 Å². The Labute approximate surface area is 148 Å². The van der Waals surface area contributed by atoms with Crippen LogP contribution in [0.3, 0.4) is 0 Å². The van der Waals surface area contributed by atoms with E-state index in [1.807, 2.05) is 24.3 Å². The Bertz CT molecular complexity index is 467. The molecule has 0 amide bonds. The second kappa shape index (κ2) is 9.60. The van der Waals surface area contributed by atoms with Gasteiger partial charge in [0.2, 0.25) is 0 Å². The maximum absolute atomic E-state index is 5.87. The number of rotatable bonds is 7. The van der Waals surface area contributed by atoms with E-state index < -0.39 is 0 Å². The quantitative estimate of drug-likeness (QED) is 0.443. The van der Waals surface area contributed by atoms with Crippen LogP contribution >= 0.6 is 35.6 Å². The van der Waals surface area contributed by atoms with E-state index in [0.29, 0.717) is 6.04 Å². The molecule has 1 saturated heterocycles. The van der Waals surface area contributed by atoms with Crippen molar-refractivity contribution in [2.24, 2.45) is 0 Å². The van der Waals surface area contributed by atoms with Gasteiger partial charge < -0.3 is 10.6 Å². The van der Waals surface area contributed by atoms with Crippen LogP contribution in [0.1, 0.15) is 19.8 Å². The molecule has 1 heterocycles. The lowest BCUT2D eigenvalue weighted by Crippen LogP contribution is -2.44. The first kappa shape index (κ1) is 17.9. The van der Waals surface area contributed by atoms with Gasteiger partial charge in [0.25, 0.3) is 0 Å². The lowest BCUT2D eigenvalue weighted by Gasteiger charge is -2.23. The average Bonchev–Trinajstić information content (AvgIpc) is 2.99. The van der Waals surface area contributed by atoms with Crippen molar-refractivity contribution in [3.05, 3.63) is 29.3 Å². The Morgan fingerprint density at radius 3 is 2.86 bits per heavy atom. The van der Waals surface area contributed by atoms with Crippen molar-refractivity contribution in [1.29, 1.82) is 0 Å². The van der Waals surface area contributed by atoms with Crippen molar-refractivity contribution in [1.82, 2.24) is 15.5 Å². The van der Waals surface area contributed by atoms with Gasteiger partial charge in [0.05, 0.1) is 0 Å². The number of likely N-dealkylation sites (N-methyl/N-ethyl adjacent to an activating group) is 1. The highest BCUT2D eigenvalue weighted by atomic mass is 35.5. The first-order valence-electron chi connectivity index (χ1n) is 7.83. The van der Waals surface area contributed by atoms with Gasteiger partial charge in [-0.1, -0.05) is 18.5 Å². The molecule has 1 atom stereocenters. The van der Waals surface area contributed by atoms with Crippen molar-refractivity contribution in [3.63, 3.8) is 0 Å². The summed E-state index contributed by atoms with van der Waals surface area (Å²) >= 11 is 13.0. The van der Waals surface area contributed by atoms with E-state index in [0.717, 1.165) is 35.5 Å². The number of hydrogen-bond acceptors (Lipinski definition) is 3. The molecule has 1 fully saturated rings. The fraction of sp³-hybridized carbons (Fsp3) is 0.562. The molecule has 122 valence electrons. The smallest absolute Gasteiger partial charge is 0.166 e. The average molecular weight is 358 g/mol. The second-order valence-electron chi connectivity index (χ2n) is 5.36. The minimum Gasteiger partial charge on any atom is -0.362 e. The van der Waals surface area contributed by atoms with E-state index >= 15 is 0 Å². The Balaban J connectivity index is 1.57. The minimum atomic E-state index is 0.633. The summed E-state index contributed by atoms with van der Waals surface area (Å²) in [6.45, 7) is 6.39. The molecular weight excluding hydrogens is 334 g/mol. The number of thioether (sulfide) groups is 1. The largest absolute Gasteiger partial charge is 0.362 e. The molecule has 22 heavy (non-hydrogen) atoms. The molecule has 1 unspecified atom stereocenters. The maximum atomic E-state index is 5.87. The van der Waals surface area contributed by atoms with E-state index in [9.17, 15) is 0 Å². The van der Waals surface area contributed by atoms with Gasteiger partial charge >= 0.3 is 0 Å². The van der Waals surface area contributed by atoms with E-state index in [4.69, 9.17) is 23.8 Å². The van der Waals surface area contributed by atoms with Crippen LogP contribution in [0, 0.1) is 0 Å². The van der Waals surface area contributed by atoms with Gasteiger partial charge in [-0.05, 0) is 62.4 Å². The van der Waals surface area contributed by atoms with Gasteiger partial charge in [-0.3, -0.25) is 4.90 Å². The lowest BCUT2D eigenvalue weighted by molar-refractivity contribution is 0.267. The molecule has 0 spiro atoms. The van der Waals surface area contributed by atoms with Gasteiger partial charge in [0.15, 0.2) is 5.11 Å². The summed E-state index contributed by atoms with van der Waals surface area (Å²) in [5.41, 5.74) is 0. The molecule has 1 aliphatic rings. The highest BCUT2D eigenvalue weighted by Crippen LogP contribution is 2.19. The van der Waals surface area contributed by atoms with Gasteiger partial charge in [-0.15, -0.1) is 11.8 Å². The van der Waals surface area contributed by atoms with E-state index in [1.54, 1.807) is 11.8 Å². The SMILES string of the molecule is CCN1CCCC1CNC(=S)NCCSc1ccc(Cl)cc1. The highest BCUT2D eigenvalue weighted by molar-refractivity contribution is 7.99. The Kier molecular flexibility index (Phi) is 7.80. The van der Waals surface area contributed by atoms with Crippen LogP contribution in [-0.4, -0.2) is 48.0 Å². The van der Waals surface area contributed by atoms with Crippen molar-refractivity contribution < 1.29 is 0 Å². The fourth-order valence-electron chi connectivity index (χ4n) is 2.68. The normalized spacial score (nSPS) is 18.4. The van der Waals surface area contributed by atoms with Crippen LogP contribution in [0.4, 0.5) is 0 Å². The van der Waals surface area contributed by atoms with Gasteiger partial charge in [0, 0.05) is 34.8 Å². The number of halogens is 1. The second-order valence-corrected chi connectivity index (χ2v) is 7.38. The van der Waals surface area contributed by atoms with Crippen LogP contribution in [0.5, 0.6) is 0 Å². The Hall–Kier alpha value is -0.490. The molecule has 1 aromatic carbocycles. The lowest BCUT2D eigenvalue weighted by atomic mass is 10.2. The third kappa shape index (κ3) is 5.95. The molecule has 0 bridgehead atoms. The first-order valence-corrected chi connectivity index (χ1v) is 9.60. The highest BCUT2D eigenvalue weighted by Gasteiger charge is 2.22. The maximum Gasteiger partial charge on any atom is 0.166 e. The molecule has 0 aliphatic carbocycles. The summed E-state index contributed by atoms with van der Waals surface area (Å²) < 4.78 is 0. The molecule has 3 nitrogen and oxygen atoms in total. The Morgan fingerprint density at radius 1 is 1.36 bits per heavy atom. The summed E-state index contributed by atoms with van der Waals surface area (Å²) in [6, 6.07) is 8.56. The third-order valence-corrected chi connectivity index (χ3v) is 5.43. The van der Waals surface area contributed by atoms with Crippen LogP contribution in [-0.2, 0) is 0 Å². The number of thiocarbonyl (C=S) groups is 1. The third-order valence-electron chi connectivity index (χ3n) is 3.87. The summed E-state index contributed by atoms with van der Waals surface area (Å²) in [7, 11) is 0. The topological polar surface area (TPSA) is 27.3 Å². The van der Waals surface area contributed by atoms with Gasteiger partial charge in [-0.2, -0.15) is 0 Å². The molecular formula is C16H24ClN3S2. The minimum absolute atomic E-state index is 0.633. The summed E-state index contributed by atoms with van der Waals surface area (Å²) in [4.78, 5) is 3.75. The number of hydrogen-bond donors (Lipinski definition) is 2. The zero-order chi connectivity index (χ0) is 15.8. The fourth-order valence-corrected chi connectivity index (χ4v) is 3.76. The van der Waals surface area contributed by atoms with Gasteiger partial charge in [0.1, 0.15) is 0 Å². The number of benzene rings is 1. The van der Waals surface area contributed by atoms with Crippen LogP contribution < -0.4 is 10.6 Å². The Morgan fingerprint density at radius 2 is 2.14 bits per heavy atom. The molecule has 0 saturated carbocycles. The number of likely N-dealkylation sites (tertiary alicyclic amines) is 1. The number of nitrogens with zero attached hydrogens (tertiary/aromatic N) is 1. The first-order chi connectivity index (χ1) is 10.7. The monoisotopic (exact) mass is 357 g/mol. The van der Waals surface area contributed by atoms with Crippen molar-refractivity contribution in [2.75, 3.05) is 31.9 Å². The van der Waals surface area contributed by atoms with E-state index in [1.165, 1.54) is 24.3 Å². The predicted octanol–water partition coefficient (Wildman–Crippen LogP) is 3.38. The van der Waals surface area contributed by atoms with E-state index in [-0.39, 0.29) is 0 Å². The van der Waals surface area contributed by atoms with Crippen molar-refractivity contribution >= 4 is 40.7 Å². The molecule has 1 aliphatic heterocycles. The molecule has 2 rings (SSSR count). The molecule has 6 heteroatoms. The summed E-state index contributed by atoms with van der Waals surface area (Å²) in [5.74, 6) is 0.980. The zero-order valence-corrected chi connectivity index (χ0v) is 15.4. The van der Waals surface area contributed by atoms with E-state index in [2.05, 4.69) is 22.5 Å². The molecule has 0 radical (unpaired) electrons. The van der Waals surface area contributed by atoms with Crippen molar-refractivity contribution in [3.8, 4) is 0 Å². The van der Waals surface area contributed by atoms with Crippen molar-refractivity contribution in [2.45, 2.75) is 30.7 Å². The molecule has 0 aromatic heterocycles. The number of nitrogens with one attached hydrogen (secondary N) is 2. The van der Waals surface area contributed by atoms with Crippen LogP contribution in [0.15, 0.2) is 29.2 Å². The summed E-state index contributed by atoms with van der Waals surface area (Å²) in [5, 5.41) is 8.17. The molecule has 2 N–H and O–H groups in total. The summed E-state index contributed by atoms with van der Waals surface area (Å²) in [6.07, 6.45) is 2.58. The zero-order valence-electron chi connectivity index (χ0n) is 13.0. The van der Waals surface area contributed by atoms with Crippen LogP contribution in [0.25, 0.3) is 0 Å². The molecule has 1 aromatic rings. The standard InChI is InChI=1S/C16H24ClN3S2/c1-2-20-10-3-4-14(20)12-19-16(21)18-9-11-22-15-7-5-13(17)6-8-15/h5-8,14H,2-4,9-12H2,1H3,(H2,18,19,21).